The topological polar surface area (TPSA) is 12.9 Å². The number of rotatable bonds is 4. The summed E-state index contributed by atoms with van der Waals surface area (Å²) < 4.78 is 59.2. The summed E-state index contributed by atoms with van der Waals surface area (Å²) in [6.07, 6.45) is 38.5. The Bertz CT molecular complexity index is 838. The van der Waals surface area contributed by atoms with Gasteiger partial charge >= 0.3 is 33.0 Å². The number of halogens is 6. The summed E-state index contributed by atoms with van der Waals surface area (Å²) in [4.78, 5) is 5.13. The van der Waals surface area contributed by atoms with Gasteiger partial charge in [0.05, 0.1) is 24.2 Å². The van der Waals surface area contributed by atoms with E-state index in [2.05, 4.69) is 48.7 Å². The molecule has 3 saturated carbocycles. The number of hydrogen-bond donors (Lipinski definition) is 0. The first-order valence-corrected chi connectivity index (χ1v) is 19.6. The van der Waals surface area contributed by atoms with Crippen LogP contribution in [0.5, 0.6) is 0 Å². The second-order valence-corrected chi connectivity index (χ2v) is 18.2. The SMILES string of the molecule is C1=CCCC=CCC1.F[P-](F)(F)(F)(F)F.[Ir].c1ccc([P+](C2CCCCC2)(C2CCCCC2)C2CCCCC2)nc1. The van der Waals surface area contributed by atoms with Crippen molar-refractivity contribution in [2.24, 2.45) is 0 Å². The van der Waals surface area contributed by atoms with Gasteiger partial charge in [-0.05, 0) is 115 Å². The van der Waals surface area contributed by atoms with Crippen molar-refractivity contribution in [1.82, 2.24) is 4.98 Å². The van der Waals surface area contributed by atoms with Crippen molar-refractivity contribution in [3.05, 3.63) is 48.7 Å². The molecule has 0 bridgehead atoms. The van der Waals surface area contributed by atoms with Crippen LogP contribution in [0.1, 0.15) is 122 Å². The normalized spacial score (nSPS) is 23.2. The van der Waals surface area contributed by atoms with Gasteiger partial charge in [-0.3, -0.25) is 0 Å². The third-order valence-electron chi connectivity index (χ3n) is 8.92. The molecule has 3 fully saturated rings. The van der Waals surface area contributed by atoms with Crippen molar-refractivity contribution >= 4 is 20.5 Å². The molecule has 1 aromatic rings. The van der Waals surface area contributed by atoms with Crippen molar-refractivity contribution in [2.75, 3.05) is 0 Å². The van der Waals surface area contributed by atoms with Gasteiger partial charge in [0.2, 0.25) is 0 Å². The molecule has 1 nitrogen and oxygen atoms in total. The molecule has 10 heteroatoms. The Morgan fingerprint density at radius 3 is 1.12 bits per heavy atom. The molecule has 0 unspecified atom stereocenters. The summed E-state index contributed by atoms with van der Waals surface area (Å²) in [5.74, 6) is 0. The first-order chi connectivity index (χ1) is 18.9. The predicted octanol–water partition coefficient (Wildman–Crippen LogP) is 12.8. The van der Waals surface area contributed by atoms with Crippen LogP contribution >= 0.6 is 15.1 Å². The summed E-state index contributed by atoms with van der Waals surface area (Å²) in [6.45, 7) is 0. The molecule has 0 aromatic carbocycles. The number of pyridine rings is 1. The van der Waals surface area contributed by atoms with E-state index in [9.17, 15) is 25.2 Å². The molecular weight excluding hydrogens is 755 g/mol. The van der Waals surface area contributed by atoms with Crippen LogP contribution < -0.4 is 5.44 Å². The van der Waals surface area contributed by atoms with Gasteiger partial charge in [-0.15, -0.1) is 0 Å². The zero-order valence-electron chi connectivity index (χ0n) is 24.2. The fraction of sp³-hybridized carbons (Fsp3) is 0.710. The molecule has 1 aromatic heterocycles. The van der Waals surface area contributed by atoms with E-state index in [-0.39, 0.29) is 20.1 Å². The molecule has 0 saturated heterocycles. The summed E-state index contributed by atoms with van der Waals surface area (Å²) in [5, 5.41) is 0. The second-order valence-electron chi connectivity index (χ2n) is 12.0. The van der Waals surface area contributed by atoms with Crippen molar-refractivity contribution in [1.29, 1.82) is 0 Å². The van der Waals surface area contributed by atoms with Gasteiger partial charge in [-0.1, -0.05) is 49.6 Å². The van der Waals surface area contributed by atoms with Crippen LogP contribution in [0.15, 0.2) is 48.7 Å². The van der Waals surface area contributed by atoms with E-state index in [4.69, 9.17) is 4.98 Å². The Morgan fingerprint density at radius 2 is 0.854 bits per heavy atom. The van der Waals surface area contributed by atoms with Crippen molar-refractivity contribution < 1.29 is 45.3 Å². The van der Waals surface area contributed by atoms with E-state index >= 15 is 0 Å². The van der Waals surface area contributed by atoms with E-state index in [1.807, 2.05) is 0 Å². The molecule has 0 spiro atoms. The van der Waals surface area contributed by atoms with Crippen LogP contribution in [-0.2, 0) is 20.1 Å². The minimum atomic E-state index is -10.7. The van der Waals surface area contributed by atoms with Crippen molar-refractivity contribution in [2.45, 2.75) is 139 Å². The van der Waals surface area contributed by atoms with Crippen LogP contribution in [0.25, 0.3) is 0 Å². The first kappa shape index (κ1) is 36.9. The fourth-order valence-corrected chi connectivity index (χ4v) is 14.6. The van der Waals surface area contributed by atoms with Gasteiger partial charge in [-0.25, -0.2) is 4.98 Å². The van der Waals surface area contributed by atoms with E-state index < -0.39 is 15.1 Å². The molecule has 41 heavy (non-hydrogen) atoms. The van der Waals surface area contributed by atoms with Gasteiger partial charge in [0, 0.05) is 26.3 Å². The maximum atomic E-state index is 9.87. The van der Waals surface area contributed by atoms with Crippen LogP contribution in [0, 0.1) is 0 Å². The van der Waals surface area contributed by atoms with Crippen LogP contribution in [-0.4, -0.2) is 22.0 Å². The number of nitrogens with zero attached hydrogens (tertiary/aromatic N) is 1. The molecular formula is C31H49F6IrNP2. The van der Waals surface area contributed by atoms with Gasteiger partial charge in [0.1, 0.15) is 0 Å². The Hall–Kier alpha value is -0.281. The second kappa shape index (κ2) is 16.2. The van der Waals surface area contributed by atoms with E-state index in [1.54, 1.807) is 5.44 Å². The third-order valence-corrected chi connectivity index (χ3v) is 15.1. The zero-order chi connectivity index (χ0) is 29.0. The third kappa shape index (κ3) is 13.9. The van der Waals surface area contributed by atoms with E-state index in [0.29, 0.717) is 0 Å². The average molecular weight is 804 g/mol. The first-order valence-electron chi connectivity index (χ1n) is 15.5. The standard InChI is InChI=1S/C23H37NP.C8H12.F6P.Ir/c1-4-12-20(13-5-1)25(21-14-6-2-7-15-21,22-16-8-3-9-17-22)23-18-10-11-19-24-23;1-2-4-6-8-7-5-3-1;1-7(2,3,4,5)6;/h10-11,18-22H,1-9,12-17H2;1-2,7-8H,3-6H2;;/q+1;;-1;. The summed E-state index contributed by atoms with van der Waals surface area (Å²) in [7, 11) is -11.8. The van der Waals surface area contributed by atoms with Crippen molar-refractivity contribution in [3.8, 4) is 0 Å². The molecule has 5 rings (SSSR count). The van der Waals surface area contributed by atoms with Crippen LogP contribution in [0.3, 0.4) is 0 Å². The maximum Gasteiger partial charge on any atom is 0.183 e. The number of allylic oxidation sites excluding steroid dienone is 4. The largest absolute Gasteiger partial charge is 0.222 e. The van der Waals surface area contributed by atoms with Crippen LogP contribution in [0.4, 0.5) is 25.2 Å². The molecule has 239 valence electrons. The zero-order valence-corrected chi connectivity index (χ0v) is 28.4. The van der Waals surface area contributed by atoms with Gasteiger partial charge in [0.25, 0.3) is 0 Å². The minimum Gasteiger partial charge on any atom is -0.222 e. The van der Waals surface area contributed by atoms with Gasteiger partial charge in [-0.2, -0.15) is 0 Å². The molecule has 1 heterocycles. The average Bonchev–Trinajstić information content (AvgIpc) is 2.90. The Labute approximate surface area is 257 Å². The smallest absolute Gasteiger partial charge is 0.183 e. The molecule has 4 aliphatic carbocycles. The summed E-state index contributed by atoms with van der Waals surface area (Å²) in [5.41, 5.74) is 4.60. The Kier molecular flexibility index (Phi) is 14.5. The van der Waals surface area contributed by atoms with Gasteiger partial charge < -0.3 is 0 Å². The monoisotopic (exact) mass is 804 g/mol. The van der Waals surface area contributed by atoms with Gasteiger partial charge in [0.15, 0.2) is 5.44 Å². The maximum absolute atomic E-state index is 10.7. The molecule has 0 N–H and O–H groups in total. The van der Waals surface area contributed by atoms with E-state index in [0.717, 1.165) is 17.0 Å². The van der Waals surface area contributed by atoms with Crippen molar-refractivity contribution in [3.63, 3.8) is 0 Å². The molecule has 4 aliphatic rings. The quantitative estimate of drug-likeness (QED) is 0.168. The fourth-order valence-electron chi connectivity index (χ4n) is 7.42. The minimum absolute atomic E-state index is 0. The molecule has 0 aliphatic heterocycles. The number of hydrogen-bond acceptors (Lipinski definition) is 1. The Balaban J connectivity index is 0.000000304. The number of aromatic nitrogens is 1. The Morgan fingerprint density at radius 1 is 0.537 bits per heavy atom. The van der Waals surface area contributed by atoms with Crippen LogP contribution in [0.2, 0.25) is 0 Å². The summed E-state index contributed by atoms with van der Waals surface area (Å²) in [6, 6.07) is 6.90. The molecule has 0 atom stereocenters. The predicted molar refractivity (Wildman–Crippen MR) is 162 cm³/mol. The molecule has 1 radical (unpaired) electrons. The van der Waals surface area contributed by atoms with E-state index in [1.165, 1.54) is 122 Å². The molecule has 0 amide bonds. The summed E-state index contributed by atoms with van der Waals surface area (Å²) >= 11 is 0.